The summed E-state index contributed by atoms with van der Waals surface area (Å²) in [5, 5.41) is 0. The summed E-state index contributed by atoms with van der Waals surface area (Å²) < 4.78 is 0. The molecular formula is C14H26N2. The van der Waals surface area contributed by atoms with E-state index in [9.17, 15) is 0 Å². The minimum Gasteiger partial charge on any atom is -0.327 e. The van der Waals surface area contributed by atoms with Gasteiger partial charge in [-0.3, -0.25) is 4.90 Å². The SMILES string of the molecule is NC1CCCN(C2CCCC(C3CC3)C2)C1. The summed E-state index contributed by atoms with van der Waals surface area (Å²) in [6.07, 6.45) is 11.5. The summed E-state index contributed by atoms with van der Waals surface area (Å²) in [7, 11) is 0. The number of nitrogens with two attached hydrogens (primary N) is 1. The fourth-order valence-electron chi connectivity index (χ4n) is 3.90. The third-order valence-electron chi connectivity index (χ3n) is 4.98. The van der Waals surface area contributed by atoms with Crippen LogP contribution in [-0.4, -0.2) is 30.1 Å². The first-order valence-corrected chi connectivity index (χ1v) is 7.32. The molecule has 0 bridgehead atoms. The predicted octanol–water partition coefficient (Wildman–Crippen LogP) is 2.38. The molecule has 92 valence electrons. The number of likely N-dealkylation sites (tertiary alicyclic amines) is 1. The quantitative estimate of drug-likeness (QED) is 0.777. The van der Waals surface area contributed by atoms with Crippen LogP contribution < -0.4 is 5.73 Å². The van der Waals surface area contributed by atoms with Gasteiger partial charge < -0.3 is 5.73 Å². The highest BCUT2D eigenvalue weighted by molar-refractivity contribution is 4.90. The Kier molecular flexibility index (Phi) is 3.21. The Morgan fingerprint density at radius 3 is 2.50 bits per heavy atom. The average molecular weight is 222 g/mol. The summed E-state index contributed by atoms with van der Waals surface area (Å²) in [6, 6.07) is 1.33. The fourth-order valence-corrected chi connectivity index (χ4v) is 3.90. The molecule has 2 N–H and O–H groups in total. The van der Waals surface area contributed by atoms with Crippen LogP contribution in [-0.2, 0) is 0 Å². The Labute approximate surface area is 99.6 Å². The lowest BCUT2D eigenvalue weighted by molar-refractivity contribution is 0.0949. The minimum atomic E-state index is 0.454. The van der Waals surface area contributed by atoms with Gasteiger partial charge in [-0.25, -0.2) is 0 Å². The van der Waals surface area contributed by atoms with Gasteiger partial charge in [0.1, 0.15) is 0 Å². The molecule has 3 aliphatic rings. The van der Waals surface area contributed by atoms with Crippen LogP contribution in [0, 0.1) is 11.8 Å². The summed E-state index contributed by atoms with van der Waals surface area (Å²) in [5.74, 6) is 2.18. The van der Waals surface area contributed by atoms with Crippen LogP contribution in [0.2, 0.25) is 0 Å². The molecule has 2 saturated carbocycles. The van der Waals surface area contributed by atoms with E-state index in [1.807, 2.05) is 0 Å². The number of hydrogen-bond donors (Lipinski definition) is 1. The molecule has 0 amide bonds. The Morgan fingerprint density at radius 2 is 1.75 bits per heavy atom. The molecule has 0 aromatic rings. The molecule has 0 aromatic carbocycles. The van der Waals surface area contributed by atoms with Crippen LogP contribution >= 0.6 is 0 Å². The van der Waals surface area contributed by atoms with Crippen molar-refractivity contribution in [2.45, 2.75) is 63.5 Å². The van der Waals surface area contributed by atoms with Crippen LogP contribution in [0.15, 0.2) is 0 Å². The monoisotopic (exact) mass is 222 g/mol. The van der Waals surface area contributed by atoms with Crippen molar-refractivity contribution in [1.82, 2.24) is 4.90 Å². The van der Waals surface area contributed by atoms with Crippen molar-refractivity contribution in [3.63, 3.8) is 0 Å². The van der Waals surface area contributed by atoms with Gasteiger partial charge in [0.2, 0.25) is 0 Å². The smallest absolute Gasteiger partial charge is 0.0168 e. The van der Waals surface area contributed by atoms with Gasteiger partial charge in [-0.2, -0.15) is 0 Å². The van der Waals surface area contributed by atoms with E-state index < -0.39 is 0 Å². The lowest BCUT2D eigenvalue weighted by Crippen LogP contribution is -2.49. The maximum Gasteiger partial charge on any atom is 0.0168 e. The van der Waals surface area contributed by atoms with Crippen molar-refractivity contribution in [1.29, 1.82) is 0 Å². The minimum absolute atomic E-state index is 0.454. The first-order chi connectivity index (χ1) is 7.83. The molecular weight excluding hydrogens is 196 g/mol. The first kappa shape index (κ1) is 11.0. The molecule has 16 heavy (non-hydrogen) atoms. The molecule has 1 saturated heterocycles. The topological polar surface area (TPSA) is 29.3 Å². The van der Waals surface area contributed by atoms with Crippen LogP contribution in [0.5, 0.6) is 0 Å². The second-order valence-corrected chi connectivity index (χ2v) is 6.32. The average Bonchev–Trinajstić information content (AvgIpc) is 3.13. The Bertz CT molecular complexity index is 237. The van der Waals surface area contributed by atoms with Crippen LogP contribution in [0.25, 0.3) is 0 Å². The third kappa shape index (κ3) is 2.43. The predicted molar refractivity (Wildman–Crippen MR) is 67.3 cm³/mol. The van der Waals surface area contributed by atoms with Gasteiger partial charge >= 0.3 is 0 Å². The van der Waals surface area contributed by atoms with E-state index in [4.69, 9.17) is 5.73 Å². The molecule has 0 radical (unpaired) electrons. The molecule has 3 atom stereocenters. The van der Waals surface area contributed by atoms with Crippen molar-refractivity contribution in [2.24, 2.45) is 17.6 Å². The summed E-state index contributed by atoms with van der Waals surface area (Å²) >= 11 is 0. The molecule has 0 spiro atoms. The first-order valence-electron chi connectivity index (χ1n) is 7.32. The third-order valence-corrected chi connectivity index (χ3v) is 4.98. The Balaban J connectivity index is 1.56. The zero-order valence-corrected chi connectivity index (χ0v) is 10.4. The van der Waals surface area contributed by atoms with E-state index in [-0.39, 0.29) is 0 Å². The normalized spacial score (nSPS) is 42.2. The molecule has 2 nitrogen and oxygen atoms in total. The van der Waals surface area contributed by atoms with Gasteiger partial charge in [0.05, 0.1) is 0 Å². The zero-order chi connectivity index (χ0) is 11.0. The Morgan fingerprint density at radius 1 is 0.875 bits per heavy atom. The fraction of sp³-hybridized carbons (Fsp3) is 1.00. The van der Waals surface area contributed by atoms with E-state index in [2.05, 4.69) is 4.90 Å². The maximum absolute atomic E-state index is 6.10. The van der Waals surface area contributed by atoms with Crippen molar-refractivity contribution in [3.8, 4) is 0 Å². The Hall–Kier alpha value is -0.0800. The zero-order valence-electron chi connectivity index (χ0n) is 10.4. The second kappa shape index (κ2) is 4.66. The molecule has 1 heterocycles. The second-order valence-electron chi connectivity index (χ2n) is 6.32. The largest absolute Gasteiger partial charge is 0.327 e. The summed E-state index contributed by atoms with van der Waals surface area (Å²) in [5.41, 5.74) is 6.10. The van der Waals surface area contributed by atoms with Gasteiger partial charge in [-0.05, 0) is 56.9 Å². The van der Waals surface area contributed by atoms with E-state index >= 15 is 0 Å². The van der Waals surface area contributed by atoms with Gasteiger partial charge in [0.25, 0.3) is 0 Å². The molecule has 3 unspecified atom stereocenters. The highest BCUT2D eigenvalue weighted by atomic mass is 15.2. The molecule has 3 rings (SSSR count). The van der Waals surface area contributed by atoms with E-state index in [0.717, 1.165) is 17.9 Å². The number of hydrogen-bond acceptors (Lipinski definition) is 2. The van der Waals surface area contributed by atoms with Gasteiger partial charge in [0.15, 0.2) is 0 Å². The van der Waals surface area contributed by atoms with E-state index in [1.54, 1.807) is 0 Å². The number of nitrogens with zero attached hydrogens (tertiary/aromatic N) is 1. The molecule has 0 aromatic heterocycles. The van der Waals surface area contributed by atoms with Crippen molar-refractivity contribution in [3.05, 3.63) is 0 Å². The van der Waals surface area contributed by atoms with E-state index in [1.165, 1.54) is 64.5 Å². The lowest BCUT2D eigenvalue weighted by Gasteiger charge is -2.41. The number of rotatable bonds is 2. The van der Waals surface area contributed by atoms with Crippen molar-refractivity contribution in [2.75, 3.05) is 13.1 Å². The molecule has 2 aliphatic carbocycles. The summed E-state index contributed by atoms with van der Waals surface area (Å²) in [6.45, 7) is 2.48. The maximum atomic E-state index is 6.10. The highest BCUT2D eigenvalue weighted by Crippen LogP contribution is 2.44. The van der Waals surface area contributed by atoms with Crippen LogP contribution in [0.1, 0.15) is 51.4 Å². The summed E-state index contributed by atoms with van der Waals surface area (Å²) in [4.78, 5) is 2.71. The van der Waals surface area contributed by atoms with Gasteiger partial charge in [-0.1, -0.05) is 12.8 Å². The van der Waals surface area contributed by atoms with Crippen molar-refractivity contribution >= 4 is 0 Å². The highest BCUT2D eigenvalue weighted by Gasteiger charge is 2.36. The molecule has 3 fully saturated rings. The molecule has 2 heteroatoms. The molecule has 1 aliphatic heterocycles. The lowest BCUT2D eigenvalue weighted by atomic mass is 9.81. The number of piperidine rings is 1. The van der Waals surface area contributed by atoms with Crippen molar-refractivity contribution < 1.29 is 0 Å². The van der Waals surface area contributed by atoms with Gasteiger partial charge in [-0.15, -0.1) is 0 Å². The standard InChI is InChI=1S/C14H26N2/c15-13-4-2-8-16(10-13)14-5-1-3-12(9-14)11-6-7-11/h11-14H,1-10,15H2. The van der Waals surface area contributed by atoms with E-state index in [0.29, 0.717) is 6.04 Å². The van der Waals surface area contributed by atoms with Crippen LogP contribution in [0.3, 0.4) is 0 Å². The van der Waals surface area contributed by atoms with Gasteiger partial charge in [0, 0.05) is 18.6 Å². The van der Waals surface area contributed by atoms with Crippen LogP contribution in [0.4, 0.5) is 0 Å².